The van der Waals surface area contributed by atoms with Gasteiger partial charge in [-0.05, 0) is 112 Å². The molecule has 310 valence electrons. The van der Waals surface area contributed by atoms with E-state index in [1.807, 2.05) is 0 Å². The number of fused-ring (bicyclic) bond motifs is 5. The van der Waals surface area contributed by atoms with Crippen molar-refractivity contribution in [2.75, 3.05) is 25.6 Å². The normalized spacial score (nSPS) is 29.6. The average molecular weight is 793 g/mol. The molecule has 0 spiro atoms. The zero-order chi connectivity index (χ0) is 38.9. The van der Waals surface area contributed by atoms with Crippen molar-refractivity contribution in [2.24, 2.45) is 28.6 Å². The quantitative estimate of drug-likeness (QED) is 0.0400. The highest BCUT2D eigenvalue weighted by molar-refractivity contribution is 6.22. The van der Waals surface area contributed by atoms with Gasteiger partial charge in [0.25, 0.3) is 0 Å². The van der Waals surface area contributed by atoms with Gasteiger partial charge in [-0.3, -0.25) is 4.79 Å². The minimum atomic E-state index is -0.859. The number of carbonyl (C=O) groups excluding carboxylic acids is 2. The molecule has 3 unspecified atom stereocenters. The van der Waals surface area contributed by atoms with Crippen LogP contribution in [0.3, 0.4) is 0 Å². The van der Waals surface area contributed by atoms with E-state index in [9.17, 15) is 9.59 Å². The molecule has 0 aromatic carbocycles. The van der Waals surface area contributed by atoms with Gasteiger partial charge in [-0.25, -0.2) is 4.79 Å². The molecular weight excluding hydrogens is 713 g/mol. The fourth-order valence-electron chi connectivity index (χ4n) is 11.0. The number of ether oxygens (including phenoxy) is 2. The lowest BCUT2D eigenvalue weighted by atomic mass is 9.47. The van der Waals surface area contributed by atoms with Crippen LogP contribution in [0.2, 0.25) is 0 Å². The van der Waals surface area contributed by atoms with Crippen LogP contribution in [-0.4, -0.2) is 53.5 Å². The van der Waals surface area contributed by atoms with E-state index in [-0.39, 0.29) is 24.0 Å². The van der Waals surface area contributed by atoms with Crippen LogP contribution in [0.1, 0.15) is 195 Å². The Kier molecular flexibility index (Phi) is 19.6. The van der Waals surface area contributed by atoms with Crippen LogP contribution >= 0.6 is 23.2 Å². The molecule has 7 atom stereocenters. The topological polar surface area (TPSA) is 55.8 Å². The Hall–Kier alpha value is -1.20. The Morgan fingerprint density at radius 1 is 0.852 bits per heavy atom. The summed E-state index contributed by atoms with van der Waals surface area (Å²) in [7, 11) is 0. The van der Waals surface area contributed by atoms with E-state index in [1.165, 1.54) is 95.5 Å². The summed E-state index contributed by atoms with van der Waals surface area (Å²) in [5, 5.41) is -0.561. The van der Waals surface area contributed by atoms with Crippen molar-refractivity contribution in [3.63, 3.8) is 0 Å². The standard InChI is InChI=1S/C47H79Cl2NO4/c1-5-7-9-10-11-12-13-14-15-16-17-18-19-20-21-25-43(51)54-47(42(49)37-50(34-33-48)44(52)53-35-22-8-6-2)32-31-46(4)38(36-47)26-27-39-40-24-23-29-45(40,3)30-28-41(39)46/h14-15,26,39-42H,5-13,16-25,27-37H2,1-4H3/b15-14-/t39?,40?,41?,42-,45-,46-,47-/m0/s1. The number of unbranched alkanes of at least 4 members (excludes halogenated alkanes) is 13. The van der Waals surface area contributed by atoms with Crippen molar-refractivity contribution in [3.05, 3.63) is 23.8 Å². The molecule has 4 aliphatic rings. The molecule has 0 heterocycles. The molecule has 54 heavy (non-hydrogen) atoms. The fraction of sp³-hybridized carbons (Fsp3) is 0.872. The van der Waals surface area contributed by atoms with Gasteiger partial charge in [0.1, 0.15) is 5.60 Å². The minimum Gasteiger partial charge on any atom is -0.457 e. The first kappa shape index (κ1) is 45.5. The van der Waals surface area contributed by atoms with E-state index < -0.39 is 11.0 Å². The molecule has 1 amide bonds. The number of nitrogens with zero attached hydrogens (tertiary/aromatic N) is 1. The van der Waals surface area contributed by atoms with Gasteiger partial charge in [0.05, 0.1) is 12.0 Å². The molecular formula is C47H79Cl2NO4. The predicted molar refractivity (Wildman–Crippen MR) is 227 cm³/mol. The van der Waals surface area contributed by atoms with Crippen LogP contribution in [0.4, 0.5) is 4.79 Å². The number of hydrogen-bond acceptors (Lipinski definition) is 4. The number of esters is 1. The van der Waals surface area contributed by atoms with Crippen LogP contribution in [0.15, 0.2) is 23.8 Å². The summed E-state index contributed by atoms with van der Waals surface area (Å²) in [6.45, 7) is 10.5. The summed E-state index contributed by atoms with van der Waals surface area (Å²) in [6.07, 6.45) is 36.4. The van der Waals surface area contributed by atoms with Crippen LogP contribution in [-0.2, 0) is 14.3 Å². The van der Waals surface area contributed by atoms with Crippen molar-refractivity contribution in [2.45, 2.75) is 206 Å². The molecule has 3 fully saturated rings. The first-order chi connectivity index (χ1) is 26.1. The van der Waals surface area contributed by atoms with E-state index in [0.29, 0.717) is 43.2 Å². The maximum Gasteiger partial charge on any atom is 0.409 e. The third-order valence-corrected chi connectivity index (χ3v) is 15.2. The second kappa shape index (κ2) is 23.3. The monoisotopic (exact) mass is 792 g/mol. The van der Waals surface area contributed by atoms with Crippen molar-refractivity contribution >= 4 is 35.3 Å². The molecule has 0 saturated heterocycles. The van der Waals surface area contributed by atoms with E-state index in [0.717, 1.165) is 76.0 Å². The Bertz CT molecular complexity index is 1190. The van der Waals surface area contributed by atoms with Gasteiger partial charge in [0, 0.05) is 31.8 Å². The Morgan fingerprint density at radius 2 is 1.52 bits per heavy atom. The van der Waals surface area contributed by atoms with Crippen LogP contribution < -0.4 is 0 Å². The van der Waals surface area contributed by atoms with Crippen molar-refractivity contribution < 1.29 is 19.1 Å². The third kappa shape index (κ3) is 12.6. The van der Waals surface area contributed by atoms with Crippen molar-refractivity contribution in [3.8, 4) is 0 Å². The number of amides is 1. The molecule has 7 heteroatoms. The van der Waals surface area contributed by atoms with Crippen LogP contribution in [0, 0.1) is 28.6 Å². The lowest BCUT2D eigenvalue weighted by Gasteiger charge is -2.59. The van der Waals surface area contributed by atoms with Gasteiger partial charge < -0.3 is 14.4 Å². The molecule has 0 aromatic heterocycles. The molecule has 0 N–H and O–H groups in total. The summed E-state index contributed by atoms with van der Waals surface area (Å²) in [5.74, 6) is 2.40. The molecule has 0 radical (unpaired) electrons. The van der Waals surface area contributed by atoms with Crippen LogP contribution in [0.25, 0.3) is 0 Å². The number of rotatable bonds is 25. The molecule has 3 saturated carbocycles. The Labute approximate surface area is 341 Å². The van der Waals surface area contributed by atoms with E-state index in [2.05, 4.69) is 45.9 Å². The summed E-state index contributed by atoms with van der Waals surface area (Å²) >= 11 is 13.6. The van der Waals surface area contributed by atoms with E-state index >= 15 is 0 Å². The fourth-order valence-corrected chi connectivity index (χ4v) is 11.6. The molecule has 0 bridgehead atoms. The van der Waals surface area contributed by atoms with Gasteiger partial charge in [0.2, 0.25) is 0 Å². The third-order valence-electron chi connectivity index (χ3n) is 14.5. The van der Waals surface area contributed by atoms with Crippen molar-refractivity contribution in [1.82, 2.24) is 4.90 Å². The molecule has 0 aromatic rings. The average Bonchev–Trinajstić information content (AvgIpc) is 3.56. The summed E-state index contributed by atoms with van der Waals surface area (Å²) in [5.41, 5.74) is 1.19. The highest BCUT2D eigenvalue weighted by atomic mass is 35.5. The maximum atomic E-state index is 13.7. The lowest BCUT2D eigenvalue weighted by molar-refractivity contribution is -0.166. The highest BCUT2D eigenvalue weighted by Crippen LogP contribution is 2.66. The second-order valence-electron chi connectivity index (χ2n) is 18.3. The lowest BCUT2D eigenvalue weighted by Crippen LogP contribution is -2.57. The molecule has 4 aliphatic carbocycles. The van der Waals surface area contributed by atoms with Gasteiger partial charge >= 0.3 is 12.1 Å². The Morgan fingerprint density at radius 3 is 2.22 bits per heavy atom. The van der Waals surface area contributed by atoms with E-state index in [1.54, 1.807) is 4.90 Å². The highest BCUT2D eigenvalue weighted by Gasteiger charge is 2.59. The van der Waals surface area contributed by atoms with Gasteiger partial charge in [0.15, 0.2) is 0 Å². The van der Waals surface area contributed by atoms with Crippen LogP contribution in [0.5, 0.6) is 0 Å². The second-order valence-corrected chi connectivity index (χ2v) is 19.2. The minimum absolute atomic E-state index is 0.108. The van der Waals surface area contributed by atoms with Crippen molar-refractivity contribution in [1.29, 1.82) is 0 Å². The van der Waals surface area contributed by atoms with Gasteiger partial charge in [-0.2, -0.15) is 0 Å². The maximum absolute atomic E-state index is 13.7. The summed E-state index contributed by atoms with van der Waals surface area (Å²) in [4.78, 5) is 28.6. The molecule has 5 nitrogen and oxygen atoms in total. The predicted octanol–water partition coefficient (Wildman–Crippen LogP) is 14.1. The zero-order valence-electron chi connectivity index (χ0n) is 35.1. The van der Waals surface area contributed by atoms with Gasteiger partial charge in [-0.15, -0.1) is 23.2 Å². The molecule has 0 aliphatic heterocycles. The molecule has 4 rings (SSSR count). The number of halogens is 2. The largest absolute Gasteiger partial charge is 0.457 e. The van der Waals surface area contributed by atoms with Gasteiger partial charge in [-0.1, -0.05) is 122 Å². The number of allylic oxidation sites excluding steroid dienone is 3. The zero-order valence-corrected chi connectivity index (χ0v) is 36.6. The summed E-state index contributed by atoms with van der Waals surface area (Å²) < 4.78 is 12.3. The number of alkyl halides is 2. The smallest absolute Gasteiger partial charge is 0.409 e. The first-order valence-corrected chi connectivity index (χ1v) is 23.8. The van der Waals surface area contributed by atoms with E-state index in [4.69, 9.17) is 32.7 Å². The first-order valence-electron chi connectivity index (χ1n) is 22.8. The summed E-state index contributed by atoms with van der Waals surface area (Å²) in [6, 6.07) is 0. The number of hydrogen-bond donors (Lipinski definition) is 0. The SMILES string of the molecule is CCCCCCCC/C=C\CCCCCCCC(=O)O[C@@]1([C@@H](Cl)CN(CCCl)C(=O)OCCCCC)CC[C@@]2(C)C(=CCC3C4CCC[C@@]4(C)CCC32)C1. The Balaban J connectivity index is 1.33. The number of carbonyl (C=O) groups is 2.